The SMILES string of the molecule is COc1ccc(N2CCN(C(=O)/C=C/c3ccc(Cl)cc3Cl)CC2)cc1. The molecule has 2 aromatic carbocycles. The van der Waals surface area contributed by atoms with Crippen LogP contribution in [0.4, 0.5) is 5.69 Å². The summed E-state index contributed by atoms with van der Waals surface area (Å²) in [5, 5.41) is 1.11. The molecule has 0 spiro atoms. The number of halogens is 2. The second-order valence-electron chi connectivity index (χ2n) is 6.01. The lowest BCUT2D eigenvalue weighted by atomic mass is 10.2. The summed E-state index contributed by atoms with van der Waals surface area (Å²) in [6.07, 6.45) is 3.30. The second kappa shape index (κ2) is 8.47. The Labute approximate surface area is 163 Å². The predicted molar refractivity (Wildman–Crippen MR) is 107 cm³/mol. The molecule has 136 valence electrons. The molecule has 1 heterocycles. The molecule has 0 radical (unpaired) electrons. The molecule has 1 aliphatic rings. The number of piperazine rings is 1. The van der Waals surface area contributed by atoms with E-state index in [0.29, 0.717) is 23.1 Å². The van der Waals surface area contributed by atoms with Crippen LogP contribution in [0.25, 0.3) is 6.08 Å². The van der Waals surface area contributed by atoms with Gasteiger partial charge in [-0.05, 0) is 48.0 Å². The lowest BCUT2D eigenvalue weighted by Gasteiger charge is -2.35. The highest BCUT2D eigenvalue weighted by atomic mass is 35.5. The summed E-state index contributed by atoms with van der Waals surface area (Å²) >= 11 is 12.0. The highest BCUT2D eigenvalue weighted by Gasteiger charge is 2.19. The van der Waals surface area contributed by atoms with Gasteiger partial charge < -0.3 is 14.5 Å². The van der Waals surface area contributed by atoms with Gasteiger partial charge in [0.2, 0.25) is 5.91 Å². The zero-order valence-corrected chi connectivity index (χ0v) is 16.0. The molecule has 4 nitrogen and oxygen atoms in total. The van der Waals surface area contributed by atoms with Gasteiger partial charge in [0, 0.05) is 48.0 Å². The van der Waals surface area contributed by atoms with Crippen LogP contribution in [0.1, 0.15) is 5.56 Å². The maximum Gasteiger partial charge on any atom is 0.246 e. The minimum atomic E-state index is -0.00889. The average Bonchev–Trinajstić information content (AvgIpc) is 2.67. The fourth-order valence-electron chi connectivity index (χ4n) is 2.88. The number of benzene rings is 2. The molecule has 26 heavy (non-hydrogen) atoms. The molecule has 0 atom stereocenters. The van der Waals surface area contributed by atoms with Gasteiger partial charge in [-0.1, -0.05) is 29.3 Å². The van der Waals surface area contributed by atoms with E-state index in [1.54, 1.807) is 37.5 Å². The number of carbonyl (C=O) groups excluding carboxylic acids is 1. The van der Waals surface area contributed by atoms with E-state index in [1.807, 2.05) is 29.2 Å². The van der Waals surface area contributed by atoms with Crippen LogP contribution in [0.3, 0.4) is 0 Å². The van der Waals surface area contributed by atoms with Crippen molar-refractivity contribution in [1.29, 1.82) is 0 Å². The zero-order valence-electron chi connectivity index (χ0n) is 14.5. The second-order valence-corrected chi connectivity index (χ2v) is 6.85. The summed E-state index contributed by atoms with van der Waals surface area (Å²) < 4.78 is 5.19. The van der Waals surface area contributed by atoms with Gasteiger partial charge in [-0.3, -0.25) is 4.79 Å². The van der Waals surface area contributed by atoms with Crippen molar-refractivity contribution in [3.05, 3.63) is 64.1 Å². The van der Waals surface area contributed by atoms with Crippen LogP contribution in [0.5, 0.6) is 5.75 Å². The fraction of sp³-hybridized carbons (Fsp3) is 0.250. The third-order valence-corrected chi connectivity index (χ3v) is 4.96. The molecule has 0 aliphatic carbocycles. The minimum Gasteiger partial charge on any atom is -0.497 e. The van der Waals surface area contributed by atoms with Gasteiger partial charge in [-0.15, -0.1) is 0 Å². The number of ether oxygens (including phenoxy) is 1. The van der Waals surface area contributed by atoms with Crippen LogP contribution in [-0.4, -0.2) is 44.1 Å². The summed E-state index contributed by atoms with van der Waals surface area (Å²) in [7, 11) is 1.66. The molecule has 0 bridgehead atoms. The number of anilines is 1. The van der Waals surface area contributed by atoms with E-state index in [0.717, 1.165) is 30.1 Å². The molecule has 6 heteroatoms. The summed E-state index contributed by atoms with van der Waals surface area (Å²) in [6, 6.07) is 13.2. The van der Waals surface area contributed by atoms with E-state index in [4.69, 9.17) is 27.9 Å². The van der Waals surface area contributed by atoms with Crippen LogP contribution in [-0.2, 0) is 4.79 Å². The molecule has 1 fully saturated rings. The lowest BCUT2D eigenvalue weighted by molar-refractivity contribution is -0.126. The molecular formula is C20H20Cl2N2O2. The third-order valence-electron chi connectivity index (χ3n) is 4.40. The van der Waals surface area contributed by atoms with Gasteiger partial charge in [-0.2, -0.15) is 0 Å². The maximum atomic E-state index is 12.4. The average molecular weight is 391 g/mol. The molecule has 0 aromatic heterocycles. The largest absolute Gasteiger partial charge is 0.497 e. The number of hydrogen-bond donors (Lipinski definition) is 0. The maximum absolute atomic E-state index is 12.4. The summed E-state index contributed by atoms with van der Waals surface area (Å²) in [6.45, 7) is 2.97. The van der Waals surface area contributed by atoms with E-state index in [2.05, 4.69) is 4.90 Å². The highest BCUT2D eigenvalue weighted by molar-refractivity contribution is 6.35. The summed E-state index contributed by atoms with van der Waals surface area (Å²) in [5.74, 6) is 0.832. The normalized spacial score (nSPS) is 14.7. The van der Waals surface area contributed by atoms with Gasteiger partial charge in [0.05, 0.1) is 7.11 Å². The molecular weight excluding hydrogens is 371 g/mol. The van der Waals surface area contributed by atoms with E-state index in [9.17, 15) is 4.79 Å². The molecule has 1 aliphatic heterocycles. The Morgan fingerprint density at radius 3 is 2.35 bits per heavy atom. The first kappa shape index (κ1) is 18.6. The molecule has 2 aromatic rings. The van der Waals surface area contributed by atoms with Crippen LogP contribution in [0, 0.1) is 0 Å². The van der Waals surface area contributed by atoms with E-state index in [-0.39, 0.29) is 5.91 Å². The third kappa shape index (κ3) is 4.51. The number of carbonyl (C=O) groups is 1. The molecule has 3 rings (SSSR count). The smallest absolute Gasteiger partial charge is 0.246 e. The first-order valence-electron chi connectivity index (χ1n) is 8.38. The van der Waals surface area contributed by atoms with E-state index >= 15 is 0 Å². The van der Waals surface area contributed by atoms with E-state index < -0.39 is 0 Å². The van der Waals surface area contributed by atoms with Crippen LogP contribution in [0.15, 0.2) is 48.5 Å². The lowest BCUT2D eigenvalue weighted by Crippen LogP contribution is -2.48. The quantitative estimate of drug-likeness (QED) is 0.726. The van der Waals surface area contributed by atoms with Crippen molar-refractivity contribution in [2.75, 3.05) is 38.2 Å². The molecule has 1 amide bonds. The number of nitrogens with zero attached hydrogens (tertiary/aromatic N) is 2. The standard InChI is InChI=1S/C20H20Cl2N2O2/c1-26-18-7-5-17(6-8-18)23-10-12-24(13-11-23)20(25)9-3-15-2-4-16(21)14-19(15)22/h2-9,14H,10-13H2,1H3/b9-3+. The van der Waals surface area contributed by atoms with Crippen LogP contribution >= 0.6 is 23.2 Å². The number of amides is 1. The van der Waals surface area contributed by atoms with Gasteiger partial charge in [0.15, 0.2) is 0 Å². The summed E-state index contributed by atoms with van der Waals surface area (Å²) in [5.41, 5.74) is 1.92. The fourth-order valence-corrected chi connectivity index (χ4v) is 3.35. The van der Waals surface area contributed by atoms with E-state index in [1.165, 1.54) is 0 Å². The topological polar surface area (TPSA) is 32.8 Å². The van der Waals surface area contributed by atoms with Crippen LogP contribution < -0.4 is 9.64 Å². The van der Waals surface area contributed by atoms with Crippen LogP contribution in [0.2, 0.25) is 10.0 Å². The van der Waals surface area contributed by atoms with Crippen molar-refractivity contribution in [2.24, 2.45) is 0 Å². The Morgan fingerprint density at radius 1 is 1.04 bits per heavy atom. The van der Waals surface area contributed by atoms with Gasteiger partial charge >= 0.3 is 0 Å². The van der Waals surface area contributed by atoms with Crippen molar-refractivity contribution in [1.82, 2.24) is 4.90 Å². The Bertz CT molecular complexity index is 798. The molecule has 1 saturated heterocycles. The monoisotopic (exact) mass is 390 g/mol. The van der Waals surface area contributed by atoms with Crippen molar-refractivity contribution in [3.63, 3.8) is 0 Å². The van der Waals surface area contributed by atoms with Crippen molar-refractivity contribution >= 4 is 40.9 Å². The number of methoxy groups -OCH3 is 1. The van der Waals surface area contributed by atoms with Gasteiger partial charge in [0.25, 0.3) is 0 Å². The number of rotatable bonds is 4. The van der Waals surface area contributed by atoms with Gasteiger partial charge in [-0.25, -0.2) is 0 Å². The molecule has 0 unspecified atom stereocenters. The Morgan fingerprint density at radius 2 is 1.73 bits per heavy atom. The highest BCUT2D eigenvalue weighted by Crippen LogP contribution is 2.23. The molecule has 0 saturated carbocycles. The van der Waals surface area contributed by atoms with Crippen molar-refractivity contribution < 1.29 is 9.53 Å². The van der Waals surface area contributed by atoms with Crippen molar-refractivity contribution in [3.8, 4) is 5.75 Å². The Kier molecular flexibility index (Phi) is 6.07. The Hall–Kier alpha value is -2.17. The Balaban J connectivity index is 1.56. The van der Waals surface area contributed by atoms with Gasteiger partial charge in [0.1, 0.15) is 5.75 Å². The number of hydrogen-bond acceptors (Lipinski definition) is 3. The zero-order chi connectivity index (χ0) is 18.5. The minimum absolute atomic E-state index is 0.00889. The summed E-state index contributed by atoms with van der Waals surface area (Å²) in [4.78, 5) is 16.5. The first-order valence-corrected chi connectivity index (χ1v) is 9.13. The van der Waals surface area contributed by atoms with Crippen molar-refractivity contribution in [2.45, 2.75) is 0 Å². The predicted octanol–water partition coefficient (Wildman–Crippen LogP) is 4.36. The first-order chi connectivity index (χ1) is 12.6. The molecule has 0 N–H and O–H groups in total.